The van der Waals surface area contributed by atoms with Gasteiger partial charge < -0.3 is 18.9 Å². The van der Waals surface area contributed by atoms with Crippen molar-refractivity contribution in [3.05, 3.63) is 41.9 Å². The SMILES string of the molecule is COC[C@@H]1CC2(CCN(C(=O)c3cc(OC)no3)CC2)CN1Cc1cccnc1. The van der Waals surface area contributed by atoms with E-state index in [0.29, 0.717) is 11.9 Å². The van der Waals surface area contributed by atoms with Crippen molar-refractivity contribution in [1.29, 1.82) is 0 Å². The van der Waals surface area contributed by atoms with Crippen LogP contribution in [-0.4, -0.2) is 72.4 Å². The molecule has 2 aliphatic rings. The molecule has 2 saturated heterocycles. The fourth-order valence-electron chi connectivity index (χ4n) is 4.68. The number of aromatic nitrogens is 2. The number of carbonyl (C=O) groups excluding carboxylic acids is 1. The van der Waals surface area contributed by atoms with E-state index in [4.69, 9.17) is 14.0 Å². The minimum Gasteiger partial charge on any atom is -0.479 e. The van der Waals surface area contributed by atoms with Crippen LogP contribution in [0.3, 0.4) is 0 Å². The van der Waals surface area contributed by atoms with Gasteiger partial charge in [0.25, 0.3) is 11.8 Å². The summed E-state index contributed by atoms with van der Waals surface area (Å²) in [5.41, 5.74) is 1.44. The molecule has 1 spiro atoms. The highest BCUT2D eigenvalue weighted by Crippen LogP contribution is 2.44. The average molecular weight is 400 g/mol. The molecule has 2 fully saturated rings. The summed E-state index contributed by atoms with van der Waals surface area (Å²) in [5.74, 6) is 0.445. The Morgan fingerprint density at radius 1 is 1.34 bits per heavy atom. The van der Waals surface area contributed by atoms with Crippen molar-refractivity contribution in [1.82, 2.24) is 19.9 Å². The largest absolute Gasteiger partial charge is 0.479 e. The smallest absolute Gasteiger partial charge is 0.292 e. The third kappa shape index (κ3) is 4.28. The van der Waals surface area contributed by atoms with Gasteiger partial charge in [-0.1, -0.05) is 6.07 Å². The summed E-state index contributed by atoms with van der Waals surface area (Å²) in [7, 11) is 3.27. The summed E-state index contributed by atoms with van der Waals surface area (Å²) in [6.07, 6.45) is 6.79. The first kappa shape index (κ1) is 19.8. The molecular formula is C21H28N4O4. The van der Waals surface area contributed by atoms with E-state index < -0.39 is 0 Å². The highest BCUT2D eigenvalue weighted by Gasteiger charge is 2.46. The second-order valence-electron chi connectivity index (χ2n) is 8.11. The van der Waals surface area contributed by atoms with E-state index in [1.54, 1.807) is 19.4 Å². The van der Waals surface area contributed by atoms with E-state index in [1.807, 2.05) is 17.2 Å². The lowest BCUT2D eigenvalue weighted by molar-refractivity contribution is 0.0549. The van der Waals surface area contributed by atoms with E-state index in [2.05, 4.69) is 21.1 Å². The van der Waals surface area contributed by atoms with Gasteiger partial charge in [0, 0.05) is 51.7 Å². The Kier molecular flexibility index (Phi) is 5.82. The van der Waals surface area contributed by atoms with Gasteiger partial charge in [-0.25, -0.2) is 0 Å². The second-order valence-corrected chi connectivity index (χ2v) is 8.11. The maximum atomic E-state index is 12.7. The zero-order chi connectivity index (χ0) is 20.3. The number of nitrogens with zero attached hydrogens (tertiary/aromatic N) is 4. The number of amides is 1. The number of methoxy groups -OCH3 is 2. The van der Waals surface area contributed by atoms with Crippen LogP contribution in [0.1, 0.15) is 35.4 Å². The van der Waals surface area contributed by atoms with Gasteiger partial charge in [0.2, 0.25) is 5.76 Å². The van der Waals surface area contributed by atoms with E-state index in [0.717, 1.165) is 52.0 Å². The minimum atomic E-state index is -0.116. The molecule has 2 aromatic heterocycles. The molecule has 1 amide bonds. The standard InChI is InChI=1S/C21H28N4O4/c1-27-14-17-11-21(15-25(17)13-16-4-3-7-22-12-16)5-8-24(9-6-21)20(26)18-10-19(28-2)23-29-18/h3-4,7,10,12,17H,5-6,8-9,11,13-15H2,1-2H3/t17-/m0/s1. The number of hydrogen-bond donors (Lipinski definition) is 0. The fraction of sp³-hybridized carbons (Fsp3) is 0.571. The first-order valence-corrected chi connectivity index (χ1v) is 10.0. The van der Waals surface area contributed by atoms with Gasteiger partial charge in [-0.2, -0.15) is 0 Å². The third-order valence-corrected chi connectivity index (χ3v) is 6.21. The van der Waals surface area contributed by atoms with E-state index in [-0.39, 0.29) is 17.1 Å². The van der Waals surface area contributed by atoms with Crippen LogP contribution in [0.5, 0.6) is 5.88 Å². The molecule has 0 aromatic carbocycles. The molecule has 0 saturated carbocycles. The molecule has 8 nitrogen and oxygen atoms in total. The zero-order valence-corrected chi connectivity index (χ0v) is 17.0. The molecule has 2 aliphatic heterocycles. The van der Waals surface area contributed by atoms with Crippen LogP contribution in [0.2, 0.25) is 0 Å². The van der Waals surface area contributed by atoms with Crippen LogP contribution in [0.15, 0.2) is 35.1 Å². The Morgan fingerprint density at radius 3 is 2.83 bits per heavy atom. The summed E-state index contributed by atoms with van der Waals surface area (Å²) in [6.45, 7) is 4.07. The maximum Gasteiger partial charge on any atom is 0.292 e. The average Bonchev–Trinajstić information content (AvgIpc) is 3.35. The van der Waals surface area contributed by atoms with E-state index in [9.17, 15) is 4.79 Å². The van der Waals surface area contributed by atoms with Crippen molar-refractivity contribution in [3.63, 3.8) is 0 Å². The number of pyridine rings is 1. The summed E-state index contributed by atoms with van der Waals surface area (Å²) in [4.78, 5) is 21.3. The van der Waals surface area contributed by atoms with Crippen molar-refractivity contribution >= 4 is 5.91 Å². The first-order valence-electron chi connectivity index (χ1n) is 10.0. The summed E-state index contributed by atoms with van der Waals surface area (Å²) in [6, 6.07) is 6.04. The highest BCUT2D eigenvalue weighted by molar-refractivity contribution is 5.91. The molecular weight excluding hydrogens is 372 g/mol. The molecule has 0 bridgehead atoms. The lowest BCUT2D eigenvalue weighted by Crippen LogP contribution is -2.44. The summed E-state index contributed by atoms with van der Waals surface area (Å²) >= 11 is 0. The molecule has 2 aromatic rings. The number of ether oxygens (including phenoxy) is 2. The monoisotopic (exact) mass is 400 g/mol. The van der Waals surface area contributed by atoms with E-state index in [1.165, 1.54) is 12.7 Å². The van der Waals surface area contributed by atoms with Gasteiger partial charge in [-0.05, 0) is 41.5 Å². The lowest BCUT2D eigenvalue weighted by atomic mass is 9.76. The number of piperidine rings is 1. The van der Waals surface area contributed by atoms with Crippen LogP contribution in [0.4, 0.5) is 0 Å². The Bertz CT molecular complexity index is 817. The predicted octanol–water partition coefficient (Wildman–Crippen LogP) is 2.22. The Labute approximate surface area is 170 Å². The molecule has 0 aliphatic carbocycles. The van der Waals surface area contributed by atoms with Crippen molar-refractivity contribution in [2.75, 3.05) is 40.5 Å². The molecule has 0 unspecified atom stereocenters. The first-order chi connectivity index (χ1) is 14.1. The Balaban J connectivity index is 1.39. The topological polar surface area (TPSA) is 80.9 Å². The van der Waals surface area contributed by atoms with Crippen LogP contribution >= 0.6 is 0 Å². The van der Waals surface area contributed by atoms with Crippen LogP contribution in [0, 0.1) is 5.41 Å². The Hall–Kier alpha value is -2.45. The quantitative estimate of drug-likeness (QED) is 0.735. The number of hydrogen-bond acceptors (Lipinski definition) is 7. The van der Waals surface area contributed by atoms with Crippen molar-refractivity contribution < 1.29 is 18.8 Å². The molecule has 156 valence electrons. The number of rotatable bonds is 6. The van der Waals surface area contributed by atoms with Crippen molar-refractivity contribution in [2.45, 2.75) is 31.8 Å². The fourth-order valence-corrected chi connectivity index (χ4v) is 4.68. The lowest BCUT2D eigenvalue weighted by Gasteiger charge is -2.39. The van der Waals surface area contributed by atoms with Gasteiger partial charge in [0.1, 0.15) is 0 Å². The van der Waals surface area contributed by atoms with Gasteiger partial charge >= 0.3 is 0 Å². The van der Waals surface area contributed by atoms with Gasteiger partial charge in [0.05, 0.1) is 19.8 Å². The van der Waals surface area contributed by atoms with Gasteiger partial charge in [0.15, 0.2) is 0 Å². The number of likely N-dealkylation sites (tertiary alicyclic amines) is 2. The molecule has 0 radical (unpaired) electrons. The second kappa shape index (κ2) is 8.51. The predicted molar refractivity (Wildman–Crippen MR) is 106 cm³/mol. The van der Waals surface area contributed by atoms with E-state index >= 15 is 0 Å². The van der Waals surface area contributed by atoms with Crippen LogP contribution in [0.25, 0.3) is 0 Å². The van der Waals surface area contributed by atoms with Gasteiger partial charge in [-0.3, -0.25) is 14.7 Å². The molecule has 8 heteroatoms. The maximum absolute atomic E-state index is 12.7. The minimum absolute atomic E-state index is 0.116. The van der Waals surface area contributed by atoms with Crippen molar-refractivity contribution in [2.24, 2.45) is 5.41 Å². The van der Waals surface area contributed by atoms with Crippen LogP contribution in [-0.2, 0) is 11.3 Å². The van der Waals surface area contributed by atoms with Crippen LogP contribution < -0.4 is 4.74 Å². The van der Waals surface area contributed by atoms with Gasteiger partial charge in [-0.15, -0.1) is 0 Å². The molecule has 1 atom stereocenters. The normalized spacial score (nSPS) is 21.6. The summed E-state index contributed by atoms with van der Waals surface area (Å²) in [5, 5.41) is 3.73. The molecule has 4 heterocycles. The summed E-state index contributed by atoms with van der Waals surface area (Å²) < 4.78 is 15.6. The molecule has 4 rings (SSSR count). The highest BCUT2D eigenvalue weighted by atomic mass is 16.5. The Morgan fingerprint density at radius 2 is 2.17 bits per heavy atom. The number of carbonyl (C=O) groups is 1. The third-order valence-electron chi connectivity index (χ3n) is 6.21. The van der Waals surface area contributed by atoms with Crippen molar-refractivity contribution in [3.8, 4) is 5.88 Å². The molecule has 0 N–H and O–H groups in total. The zero-order valence-electron chi connectivity index (χ0n) is 17.0. The molecule has 29 heavy (non-hydrogen) atoms.